The first kappa shape index (κ1) is 22.6. The van der Waals surface area contributed by atoms with Gasteiger partial charge in [-0.05, 0) is 43.2 Å². The van der Waals surface area contributed by atoms with E-state index in [1.165, 1.54) is 10.5 Å². The number of fused-ring (bicyclic) bond motifs is 1. The van der Waals surface area contributed by atoms with E-state index in [9.17, 15) is 4.79 Å². The molecule has 0 spiro atoms. The molecule has 0 radical (unpaired) electrons. The third-order valence-electron chi connectivity index (χ3n) is 5.46. The fourth-order valence-corrected chi connectivity index (χ4v) is 3.81. The fourth-order valence-electron chi connectivity index (χ4n) is 3.81. The molecule has 1 atom stereocenters. The summed E-state index contributed by atoms with van der Waals surface area (Å²) < 4.78 is 16.1. The minimum atomic E-state index is -0.305. The highest BCUT2D eigenvalue weighted by atomic mass is 16.5. The van der Waals surface area contributed by atoms with Crippen molar-refractivity contribution in [3.8, 4) is 11.5 Å². The summed E-state index contributed by atoms with van der Waals surface area (Å²) in [6.45, 7) is 5.64. The first-order valence-corrected chi connectivity index (χ1v) is 10.6. The van der Waals surface area contributed by atoms with E-state index < -0.39 is 0 Å². The zero-order chi connectivity index (χ0) is 22.4. The zero-order valence-corrected chi connectivity index (χ0v) is 19.0. The number of para-hydroxylation sites is 1. The summed E-state index contributed by atoms with van der Waals surface area (Å²) in [4.78, 5) is 18.8. The Bertz CT molecular complexity index is 1060. The van der Waals surface area contributed by atoms with Gasteiger partial charge in [-0.25, -0.2) is 9.78 Å². The molecule has 0 aliphatic heterocycles. The number of likely N-dealkylation sites (N-methyl/N-ethyl adjacent to an activating group) is 1. The number of aromatic nitrogens is 1. The number of ether oxygens (including phenoxy) is 3. The number of pyridine rings is 1. The minimum absolute atomic E-state index is 0.305. The van der Waals surface area contributed by atoms with Gasteiger partial charge in [-0.2, -0.15) is 0 Å². The van der Waals surface area contributed by atoms with Gasteiger partial charge in [0.1, 0.15) is 12.2 Å². The molecule has 0 fully saturated rings. The Kier molecular flexibility index (Phi) is 7.47. The highest BCUT2D eigenvalue weighted by Gasteiger charge is 2.22. The van der Waals surface area contributed by atoms with E-state index in [0.717, 1.165) is 46.6 Å². The van der Waals surface area contributed by atoms with Gasteiger partial charge in [0.15, 0.2) is 11.5 Å². The van der Waals surface area contributed by atoms with Crippen molar-refractivity contribution in [3.05, 3.63) is 64.8 Å². The number of nitrogens with zero attached hydrogens (tertiary/aromatic N) is 1. The van der Waals surface area contributed by atoms with Gasteiger partial charge < -0.3 is 19.1 Å². The van der Waals surface area contributed by atoms with Crippen LogP contribution in [0, 0.1) is 6.92 Å². The van der Waals surface area contributed by atoms with Crippen LogP contribution in [0.5, 0.6) is 11.5 Å². The van der Waals surface area contributed by atoms with Crippen molar-refractivity contribution in [2.24, 2.45) is 0 Å². The molecule has 1 aromatic heterocycles. The smallest absolute Gasteiger partial charge is 0.340 e. The van der Waals surface area contributed by atoms with Gasteiger partial charge in [-0.15, -0.1) is 0 Å². The zero-order valence-electron chi connectivity index (χ0n) is 19.0. The molecule has 3 aromatic rings. The molecule has 0 amide bonds. The van der Waals surface area contributed by atoms with Gasteiger partial charge in [0.05, 0.1) is 45.5 Å². The fraction of sp³-hybridized carbons (Fsp3) is 0.360. The molecule has 1 N–H and O–H groups in total. The maximum Gasteiger partial charge on any atom is 0.340 e. The number of quaternary nitrogens is 1. The summed E-state index contributed by atoms with van der Waals surface area (Å²) in [5, 5.41) is 0.984. The maximum absolute atomic E-state index is 12.7. The molecule has 2 aromatic carbocycles. The van der Waals surface area contributed by atoms with E-state index in [1.54, 1.807) is 14.2 Å². The molecule has 1 unspecified atom stereocenters. The minimum Gasteiger partial charge on any atom is -0.493 e. The Morgan fingerprint density at radius 2 is 1.81 bits per heavy atom. The lowest BCUT2D eigenvalue weighted by Crippen LogP contribution is -3.08. The second-order valence-corrected chi connectivity index (χ2v) is 7.62. The number of hydrogen-bond acceptors (Lipinski definition) is 5. The Morgan fingerprint density at radius 1 is 1.06 bits per heavy atom. The molecule has 6 nitrogen and oxygen atoms in total. The Hall–Kier alpha value is -3.12. The van der Waals surface area contributed by atoms with Crippen LogP contribution in [0.3, 0.4) is 0 Å². The third-order valence-corrected chi connectivity index (χ3v) is 5.46. The second-order valence-electron chi connectivity index (χ2n) is 7.62. The summed E-state index contributed by atoms with van der Waals surface area (Å²) in [5.74, 6) is 1.15. The Labute approximate surface area is 183 Å². The van der Waals surface area contributed by atoms with Crippen molar-refractivity contribution >= 4 is 16.9 Å². The second kappa shape index (κ2) is 10.3. The van der Waals surface area contributed by atoms with Gasteiger partial charge in [-0.1, -0.05) is 24.3 Å². The maximum atomic E-state index is 12.7. The molecule has 0 saturated heterocycles. The van der Waals surface area contributed by atoms with Crippen LogP contribution in [0.25, 0.3) is 10.9 Å². The van der Waals surface area contributed by atoms with Crippen molar-refractivity contribution in [2.75, 3.05) is 34.4 Å². The van der Waals surface area contributed by atoms with Crippen molar-refractivity contribution in [2.45, 2.75) is 26.8 Å². The van der Waals surface area contributed by atoms with Crippen LogP contribution in [-0.2, 0) is 17.7 Å². The number of rotatable bonds is 9. The Balaban J connectivity index is 1.81. The summed E-state index contributed by atoms with van der Waals surface area (Å²) in [6.07, 6.45) is 0.869. The molecule has 0 aliphatic carbocycles. The number of aryl methyl sites for hydroxylation is 1. The number of carbonyl (C=O) groups is 1. The lowest BCUT2D eigenvalue weighted by molar-refractivity contribution is -0.893. The van der Waals surface area contributed by atoms with E-state index in [4.69, 9.17) is 19.2 Å². The summed E-state index contributed by atoms with van der Waals surface area (Å²) in [5.41, 5.74) is 4.36. The van der Waals surface area contributed by atoms with Gasteiger partial charge in [-0.3, -0.25) is 0 Å². The molecule has 0 saturated carbocycles. The van der Waals surface area contributed by atoms with Crippen LogP contribution >= 0.6 is 0 Å². The molecule has 6 heteroatoms. The van der Waals surface area contributed by atoms with Crippen LogP contribution in [0.15, 0.2) is 42.5 Å². The van der Waals surface area contributed by atoms with Crippen molar-refractivity contribution in [1.29, 1.82) is 0 Å². The lowest BCUT2D eigenvalue weighted by atomic mass is 10.0. The topological polar surface area (TPSA) is 62.1 Å². The van der Waals surface area contributed by atoms with E-state index >= 15 is 0 Å². The highest BCUT2D eigenvalue weighted by molar-refractivity contribution is 5.98. The molecule has 0 bridgehead atoms. The van der Waals surface area contributed by atoms with Crippen LogP contribution in [0.2, 0.25) is 0 Å². The predicted molar refractivity (Wildman–Crippen MR) is 121 cm³/mol. The Morgan fingerprint density at radius 3 is 2.52 bits per heavy atom. The molecule has 164 valence electrons. The van der Waals surface area contributed by atoms with Crippen molar-refractivity contribution < 1.29 is 23.9 Å². The highest BCUT2D eigenvalue weighted by Crippen LogP contribution is 2.27. The lowest BCUT2D eigenvalue weighted by Gasteiger charge is -2.18. The third kappa shape index (κ3) is 5.14. The molecule has 1 heterocycles. The number of esters is 1. The number of carbonyl (C=O) groups excluding carboxylic acids is 1. The van der Waals surface area contributed by atoms with E-state index in [1.807, 2.05) is 50.2 Å². The first-order chi connectivity index (χ1) is 15.0. The predicted octanol–water partition coefficient (Wildman–Crippen LogP) is 2.99. The average molecular weight is 424 g/mol. The molecule has 3 rings (SSSR count). The molecule has 0 aliphatic rings. The van der Waals surface area contributed by atoms with Crippen LogP contribution in [-0.4, -0.2) is 45.4 Å². The van der Waals surface area contributed by atoms with Gasteiger partial charge in [0.2, 0.25) is 0 Å². The van der Waals surface area contributed by atoms with E-state index in [2.05, 4.69) is 13.1 Å². The normalized spacial score (nSPS) is 11.9. The van der Waals surface area contributed by atoms with E-state index in [-0.39, 0.29) is 5.97 Å². The molecular formula is C25H31N2O4+. The monoisotopic (exact) mass is 423 g/mol. The van der Waals surface area contributed by atoms with Crippen LogP contribution < -0.4 is 14.4 Å². The van der Waals surface area contributed by atoms with Gasteiger partial charge in [0.25, 0.3) is 0 Å². The first-order valence-electron chi connectivity index (χ1n) is 10.6. The number of benzene rings is 2. The standard InChI is InChI=1S/C25H30N2O4/c1-6-31-25(28)24-17(2)19-9-7-8-10-20(19)26-21(24)16-27(3)14-13-18-11-12-22(29-4)23(15-18)30-5/h7-12,15H,6,13-14,16H2,1-5H3/p+1. The van der Waals surface area contributed by atoms with Crippen LogP contribution in [0.4, 0.5) is 0 Å². The summed E-state index contributed by atoms with van der Waals surface area (Å²) >= 11 is 0. The number of methoxy groups -OCH3 is 2. The number of hydrogen-bond donors (Lipinski definition) is 1. The largest absolute Gasteiger partial charge is 0.493 e. The van der Waals surface area contributed by atoms with Gasteiger partial charge >= 0.3 is 5.97 Å². The average Bonchev–Trinajstić information content (AvgIpc) is 2.77. The molecule has 31 heavy (non-hydrogen) atoms. The van der Waals surface area contributed by atoms with Crippen molar-refractivity contribution in [3.63, 3.8) is 0 Å². The quantitative estimate of drug-likeness (QED) is 0.536. The summed E-state index contributed by atoms with van der Waals surface area (Å²) in [6, 6.07) is 13.9. The van der Waals surface area contributed by atoms with E-state index in [0.29, 0.717) is 18.7 Å². The van der Waals surface area contributed by atoms with Gasteiger partial charge in [0, 0.05) is 11.8 Å². The van der Waals surface area contributed by atoms with Crippen molar-refractivity contribution in [1.82, 2.24) is 4.98 Å². The number of nitrogens with one attached hydrogen (secondary N) is 1. The summed E-state index contributed by atoms with van der Waals surface area (Å²) in [7, 11) is 5.39. The van der Waals surface area contributed by atoms with Crippen LogP contribution in [0.1, 0.15) is 34.1 Å². The molecular weight excluding hydrogens is 392 g/mol. The SMILES string of the molecule is CCOC(=O)c1c(C[NH+](C)CCc2ccc(OC)c(OC)c2)nc2ccccc2c1C.